The molecule has 0 atom stereocenters. The first-order chi connectivity index (χ1) is 14.1. The molecule has 1 amide bonds. The van der Waals surface area contributed by atoms with Crippen LogP contribution < -0.4 is 10.9 Å². The number of fused-ring (bicyclic) bond motifs is 1. The first kappa shape index (κ1) is 22.0. The molecule has 8 heteroatoms. The molecule has 1 aliphatic carbocycles. The average molecular weight is 431 g/mol. The highest BCUT2D eigenvalue weighted by Gasteiger charge is 2.32. The average Bonchev–Trinajstić information content (AvgIpc) is 2.64. The van der Waals surface area contributed by atoms with E-state index in [0.717, 1.165) is 5.56 Å². The smallest absolute Gasteiger partial charge is 0.261 e. The van der Waals surface area contributed by atoms with Gasteiger partial charge in [-0.05, 0) is 29.9 Å². The van der Waals surface area contributed by atoms with E-state index in [0.29, 0.717) is 24.1 Å². The topological polar surface area (TPSA) is 113 Å². The lowest BCUT2D eigenvalue weighted by atomic mass is 9.75. The van der Waals surface area contributed by atoms with Gasteiger partial charge in [-0.3, -0.25) is 14.4 Å². The van der Waals surface area contributed by atoms with Gasteiger partial charge in [-0.25, -0.2) is 8.42 Å². The maximum Gasteiger partial charge on any atom is 0.261 e. The first-order valence-electron chi connectivity index (χ1n) is 9.88. The van der Waals surface area contributed by atoms with E-state index in [2.05, 4.69) is 10.3 Å². The summed E-state index contributed by atoms with van der Waals surface area (Å²) in [4.78, 5) is 39.8. The number of hydrogen-bond donors (Lipinski definition) is 2. The predicted molar refractivity (Wildman–Crippen MR) is 114 cm³/mol. The van der Waals surface area contributed by atoms with Crippen LogP contribution in [0.2, 0.25) is 0 Å². The van der Waals surface area contributed by atoms with E-state index in [1.54, 1.807) is 24.3 Å². The van der Waals surface area contributed by atoms with Crippen LogP contribution in [0.4, 0.5) is 0 Å². The first-order valence-corrected chi connectivity index (χ1v) is 11.7. The normalized spacial score (nSPS) is 15.5. The van der Waals surface area contributed by atoms with Crippen LogP contribution in [0.3, 0.4) is 0 Å². The Balaban J connectivity index is 1.59. The van der Waals surface area contributed by atoms with Gasteiger partial charge in [-0.15, -0.1) is 0 Å². The van der Waals surface area contributed by atoms with Crippen molar-refractivity contribution >= 4 is 21.5 Å². The van der Waals surface area contributed by atoms with Gasteiger partial charge in [0.1, 0.15) is 5.56 Å². The van der Waals surface area contributed by atoms with Crippen molar-refractivity contribution in [3.63, 3.8) is 0 Å². The van der Waals surface area contributed by atoms with E-state index in [1.807, 2.05) is 19.9 Å². The molecule has 2 aromatic rings. The Morgan fingerprint density at radius 2 is 1.83 bits per heavy atom. The number of Topliss-reactive ketones (excluding diaryl/α,β-unsaturated/α-hetero) is 1. The summed E-state index contributed by atoms with van der Waals surface area (Å²) >= 11 is 0. The van der Waals surface area contributed by atoms with Crippen molar-refractivity contribution in [2.45, 2.75) is 38.9 Å². The van der Waals surface area contributed by atoms with Crippen LogP contribution in [0.25, 0.3) is 0 Å². The highest BCUT2D eigenvalue weighted by molar-refractivity contribution is 7.90. The number of rotatable bonds is 7. The van der Waals surface area contributed by atoms with Crippen LogP contribution in [0.15, 0.2) is 41.2 Å². The predicted octanol–water partition coefficient (Wildman–Crippen LogP) is 2.26. The SMILES string of the molecule is CC1(C)CC(=O)c2cc(C(=O)NCCCS(=O)(=O)Cc3ccccc3)c(=O)[nH]c2C1. The summed E-state index contributed by atoms with van der Waals surface area (Å²) in [6.07, 6.45) is 1.15. The Kier molecular flexibility index (Phi) is 6.26. The lowest BCUT2D eigenvalue weighted by Crippen LogP contribution is -2.35. The fraction of sp³-hybridized carbons (Fsp3) is 0.409. The number of carbonyl (C=O) groups excluding carboxylic acids is 2. The molecule has 0 radical (unpaired) electrons. The molecule has 1 aliphatic rings. The number of carbonyl (C=O) groups is 2. The number of ketones is 1. The molecule has 30 heavy (non-hydrogen) atoms. The molecule has 2 N–H and O–H groups in total. The zero-order chi connectivity index (χ0) is 21.9. The second-order valence-electron chi connectivity index (χ2n) is 8.53. The highest BCUT2D eigenvalue weighted by Crippen LogP contribution is 2.33. The molecule has 1 aromatic carbocycles. The van der Waals surface area contributed by atoms with Crippen molar-refractivity contribution < 1.29 is 18.0 Å². The third-order valence-corrected chi connectivity index (χ3v) is 6.79. The molecule has 0 saturated carbocycles. The third kappa shape index (κ3) is 5.44. The van der Waals surface area contributed by atoms with Crippen molar-refractivity contribution in [1.82, 2.24) is 10.3 Å². The van der Waals surface area contributed by atoms with Crippen molar-refractivity contribution in [2.75, 3.05) is 12.3 Å². The minimum absolute atomic E-state index is 0.0509. The van der Waals surface area contributed by atoms with Crippen LogP contribution in [0, 0.1) is 5.41 Å². The van der Waals surface area contributed by atoms with Crippen molar-refractivity contribution in [2.24, 2.45) is 5.41 Å². The van der Waals surface area contributed by atoms with Gasteiger partial charge in [0.2, 0.25) is 0 Å². The molecular formula is C22H26N2O5S. The standard InChI is InChI=1S/C22H26N2O5S/c1-22(2)12-18-16(19(25)13-22)11-17(21(27)24-18)20(26)23-9-6-10-30(28,29)14-15-7-4-3-5-8-15/h3-5,7-8,11H,6,9-10,12-14H2,1-2H3,(H,23,26)(H,24,27). The number of benzene rings is 1. The van der Waals surface area contributed by atoms with Crippen molar-refractivity contribution in [3.8, 4) is 0 Å². The van der Waals surface area contributed by atoms with Gasteiger partial charge in [-0.1, -0.05) is 44.2 Å². The van der Waals surface area contributed by atoms with Gasteiger partial charge in [-0.2, -0.15) is 0 Å². The highest BCUT2D eigenvalue weighted by atomic mass is 32.2. The van der Waals surface area contributed by atoms with E-state index < -0.39 is 21.3 Å². The van der Waals surface area contributed by atoms with Gasteiger partial charge in [0.05, 0.1) is 11.5 Å². The van der Waals surface area contributed by atoms with Gasteiger partial charge in [0, 0.05) is 24.2 Å². The summed E-state index contributed by atoms with van der Waals surface area (Å²) in [5, 5.41) is 2.58. The number of nitrogens with one attached hydrogen (secondary N) is 2. The van der Waals surface area contributed by atoms with Crippen molar-refractivity contribution in [3.05, 3.63) is 69.1 Å². The zero-order valence-corrected chi connectivity index (χ0v) is 18.0. The molecule has 0 bridgehead atoms. The fourth-order valence-electron chi connectivity index (χ4n) is 3.69. The van der Waals surface area contributed by atoms with Crippen molar-refractivity contribution in [1.29, 1.82) is 0 Å². The second-order valence-corrected chi connectivity index (χ2v) is 10.7. The van der Waals surface area contributed by atoms with Crippen LogP contribution in [-0.4, -0.2) is 37.4 Å². The molecule has 0 unspecified atom stereocenters. The van der Waals surface area contributed by atoms with Crippen LogP contribution in [0.5, 0.6) is 0 Å². The monoisotopic (exact) mass is 430 g/mol. The number of aromatic amines is 1. The molecule has 3 rings (SSSR count). The summed E-state index contributed by atoms with van der Waals surface area (Å²) in [6, 6.07) is 10.3. The number of amides is 1. The summed E-state index contributed by atoms with van der Waals surface area (Å²) < 4.78 is 24.4. The van der Waals surface area contributed by atoms with Gasteiger partial charge < -0.3 is 10.3 Å². The third-order valence-electron chi connectivity index (χ3n) is 5.11. The number of hydrogen-bond acceptors (Lipinski definition) is 5. The Morgan fingerprint density at radius 3 is 2.53 bits per heavy atom. The molecule has 1 aromatic heterocycles. The summed E-state index contributed by atoms with van der Waals surface area (Å²) in [5.41, 5.74) is 0.744. The molecule has 160 valence electrons. The van der Waals surface area contributed by atoms with Gasteiger partial charge in [0.15, 0.2) is 15.6 Å². The quantitative estimate of drug-likeness (QED) is 0.654. The number of sulfone groups is 1. The van der Waals surface area contributed by atoms with E-state index in [-0.39, 0.29) is 41.2 Å². The minimum atomic E-state index is -3.30. The van der Waals surface area contributed by atoms with Crippen LogP contribution in [-0.2, 0) is 22.0 Å². The molecule has 0 spiro atoms. The van der Waals surface area contributed by atoms with Crippen LogP contribution >= 0.6 is 0 Å². The van der Waals surface area contributed by atoms with Crippen LogP contribution in [0.1, 0.15) is 58.7 Å². The van der Waals surface area contributed by atoms with E-state index in [4.69, 9.17) is 0 Å². The fourth-order valence-corrected chi connectivity index (χ4v) is 5.11. The zero-order valence-electron chi connectivity index (χ0n) is 17.2. The Bertz CT molecular complexity index is 1120. The van der Waals surface area contributed by atoms with E-state index in [1.165, 1.54) is 6.07 Å². The largest absolute Gasteiger partial charge is 0.352 e. The van der Waals surface area contributed by atoms with Gasteiger partial charge in [0.25, 0.3) is 11.5 Å². The summed E-state index contributed by atoms with van der Waals surface area (Å²) in [7, 11) is -3.30. The maximum atomic E-state index is 12.4. The second kappa shape index (κ2) is 8.55. The van der Waals surface area contributed by atoms with E-state index in [9.17, 15) is 22.8 Å². The number of pyridine rings is 1. The van der Waals surface area contributed by atoms with Gasteiger partial charge >= 0.3 is 0 Å². The number of aromatic nitrogens is 1. The molecule has 0 aliphatic heterocycles. The Morgan fingerprint density at radius 1 is 1.13 bits per heavy atom. The molecule has 1 heterocycles. The Labute approximate surface area is 175 Å². The summed E-state index contributed by atoms with van der Waals surface area (Å²) in [6.45, 7) is 4.03. The summed E-state index contributed by atoms with van der Waals surface area (Å²) in [5.74, 6) is -0.836. The molecule has 0 fully saturated rings. The minimum Gasteiger partial charge on any atom is -0.352 e. The lowest BCUT2D eigenvalue weighted by Gasteiger charge is -2.29. The lowest BCUT2D eigenvalue weighted by molar-refractivity contribution is 0.0910. The number of H-pyrrole nitrogens is 1. The maximum absolute atomic E-state index is 12.4. The molecular weight excluding hydrogens is 404 g/mol. The molecule has 0 saturated heterocycles. The Hall–Kier alpha value is -2.74. The van der Waals surface area contributed by atoms with E-state index >= 15 is 0 Å². The molecule has 7 nitrogen and oxygen atoms in total.